The average molecular weight is 471 g/mol. The molecule has 0 aliphatic carbocycles. The van der Waals surface area contributed by atoms with Gasteiger partial charge in [0.25, 0.3) is 0 Å². The number of rotatable bonds is 5. The highest BCUT2D eigenvalue weighted by Crippen LogP contribution is 2.30. The van der Waals surface area contributed by atoms with Crippen LogP contribution < -0.4 is 15.4 Å². The second-order valence-corrected chi connectivity index (χ2v) is 9.07. The van der Waals surface area contributed by atoms with Gasteiger partial charge < -0.3 is 25.2 Å². The molecule has 0 saturated carbocycles. The zero-order chi connectivity index (χ0) is 24.2. The molecule has 1 aromatic carbocycles. The number of aliphatic hydroxyl groups is 1. The maximum absolute atomic E-state index is 14.4. The number of nitrogens with zero attached hydrogens (tertiary/aromatic N) is 7. The molecule has 12 heteroatoms. The lowest BCUT2D eigenvalue weighted by Gasteiger charge is -2.33. The molecule has 0 bridgehead atoms. The molecule has 1 atom stereocenters. The molecule has 11 nitrogen and oxygen atoms in total. The Bertz CT molecular complexity index is 1380. The third kappa shape index (κ3) is 3.88. The molecule has 1 saturated heterocycles. The number of aromatic nitrogens is 6. The summed E-state index contributed by atoms with van der Waals surface area (Å²) < 4.78 is 28.6. The minimum absolute atomic E-state index is 0.0789. The van der Waals surface area contributed by atoms with E-state index in [4.69, 9.17) is 15.2 Å². The molecule has 4 aromatic rings. The van der Waals surface area contributed by atoms with Crippen LogP contribution in [0.2, 0.25) is 0 Å². The van der Waals surface area contributed by atoms with Crippen molar-refractivity contribution in [1.82, 2.24) is 29.4 Å². The average Bonchev–Trinajstić information content (AvgIpc) is 3.38. The molecule has 1 unspecified atom stereocenters. The number of hydrogen-bond donors (Lipinski definition) is 2. The van der Waals surface area contributed by atoms with Crippen LogP contribution in [0.3, 0.4) is 0 Å². The van der Waals surface area contributed by atoms with E-state index in [9.17, 15) is 9.50 Å². The van der Waals surface area contributed by atoms with Crippen LogP contribution in [0.5, 0.6) is 5.75 Å². The monoisotopic (exact) mass is 470 g/mol. The van der Waals surface area contributed by atoms with E-state index in [2.05, 4.69) is 25.1 Å². The molecule has 1 aliphatic rings. The van der Waals surface area contributed by atoms with Crippen LogP contribution in [0.4, 0.5) is 16.0 Å². The number of methoxy groups -OCH3 is 1. The van der Waals surface area contributed by atoms with Crippen molar-refractivity contribution in [3.05, 3.63) is 35.7 Å². The Morgan fingerprint density at radius 1 is 1.32 bits per heavy atom. The van der Waals surface area contributed by atoms with Gasteiger partial charge in [0.2, 0.25) is 5.95 Å². The quantitative estimate of drug-likeness (QED) is 0.449. The number of nitrogens with two attached hydrogens (primary N) is 1. The molecule has 4 heterocycles. The zero-order valence-corrected chi connectivity index (χ0v) is 19.5. The van der Waals surface area contributed by atoms with Gasteiger partial charge in [-0.2, -0.15) is 9.61 Å². The standard InChI is InChI=1S/C22H27FN8O3/c1-12-16(9-25-30(12)11-22(2,3)32)29-5-6-34-18(10-29)19-27-20-13-7-14(23)17(33-4)8-15(13)26-21(24)31(20)28-19/h7-9,18,32H,5-6,10-11H2,1-4H3,(H2,24,26). The highest BCUT2D eigenvalue weighted by Gasteiger charge is 2.29. The van der Waals surface area contributed by atoms with Gasteiger partial charge in [0.05, 0.1) is 55.5 Å². The second kappa shape index (κ2) is 8.06. The maximum atomic E-state index is 14.4. The molecule has 5 rings (SSSR count). The second-order valence-electron chi connectivity index (χ2n) is 9.07. The van der Waals surface area contributed by atoms with E-state index < -0.39 is 17.5 Å². The number of morpholine rings is 1. The van der Waals surface area contributed by atoms with Gasteiger partial charge in [-0.15, -0.1) is 5.10 Å². The van der Waals surface area contributed by atoms with Crippen LogP contribution in [0.25, 0.3) is 16.6 Å². The number of anilines is 2. The van der Waals surface area contributed by atoms with Crippen molar-refractivity contribution in [2.24, 2.45) is 0 Å². The van der Waals surface area contributed by atoms with E-state index >= 15 is 0 Å². The summed E-state index contributed by atoms with van der Waals surface area (Å²) in [6.07, 6.45) is 1.37. The van der Waals surface area contributed by atoms with Crippen molar-refractivity contribution in [3.8, 4) is 5.75 Å². The van der Waals surface area contributed by atoms with Crippen LogP contribution in [-0.4, -0.2) is 66.9 Å². The fourth-order valence-corrected chi connectivity index (χ4v) is 4.24. The van der Waals surface area contributed by atoms with Crippen LogP contribution in [-0.2, 0) is 11.3 Å². The van der Waals surface area contributed by atoms with Crippen molar-refractivity contribution in [2.75, 3.05) is 37.4 Å². The molecular formula is C22H27FN8O3. The minimum Gasteiger partial charge on any atom is -0.494 e. The third-order valence-corrected chi connectivity index (χ3v) is 5.90. The van der Waals surface area contributed by atoms with Gasteiger partial charge in [-0.3, -0.25) is 4.68 Å². The van der Waals surface area contributed by atoms with E-state index in [-0.39, 0.29) is 11.7 Å². The van der Waals surface area contributed by atoms with Crippen LogP contribution >= 0.6 is 0 Å². The Labute approximate surface area is 194 Å². The highest BCUT2D eigenvalue weighted by atomic mass is 19.1. The van der Waals surface area contributed by atoms with E-state index in [1.165, 1.54) is 23.8 Å². The summed E-state index contributed by atoms with van der Waals surface area (Å²) in [4.78, 5) is 11.1. The van der Waals surface area contributed by atoms with Crippen molar-refractivity contribution in [3.63, 3.8) is 0 Å². The van der Waals surface area contributed by atoms with E-state index in [1.807, 2.05) is 6.92 Å². The number of benzene rings is 1. The summed E-state index contributed by atoms with van der Waals surface area (Å²) in [5.74, 6) is 0.122. The molecular weight excluding hydrogens is 443 g/mol. The number of hydrogen-bond acceptors (Lipinski definition) is 9. The lowest BCUT2D eigenvalue weighted by molar-refractivity contribution is 0.0341. The number of halogens is 1. The molecule has 0 spiro atoms. The smallest absolute Gasteiger partial charge is 0.223 e. The van der Waals surface area contributed by atoms with Crippen molar-refractivity contribution < 1.29 is 19.0 Å². The van der Waals surface area contributed by atoms with Crippen LogP contribution in [0.15, 0.2) is 18.3 Å². The maximum Gasteiger partial charge on any atom is 0.223 e. The Morgan fingerprint density at radius 3 is 2.85 bits per heavy atom. The van der Waals surface area contributed by atoms with Gasteiger partial charge in [-0.1, -0.05) is 0 Å². The summed E-state index contributed by atoms with van der Waals surface area (Å²) in [5, 5.41) is 19.6. The predicted molar refractivity (Wildman–Crippen MR) is 123 cm³/mol. The number of ether oxygens (including phenoxy) is 2. The molecule has 0 amide bonds. The largest absolute Gasteiger partial charge is 0.494 e. The van der Waals surface area contributed by atoms with Crippen LogP contribution in [0.1, 0.15) is 31.5 Å². The van der Waals surface area contributed by atoms with Gasteiger partial charge >= 0.3 is 0 Å². The lowest BCUT2D eigenvalue weighted by atomic mass is 10.1. The van der Waals surface area contributed by atoms with Crippen molar-refractivity contribution >= 4 is 28.2 Å². The first-order chi connectivity index (χ1) is 16.1. The van der Waals surface area contributed by atoms with E-state index in [0.29, 0.717) is 48.6 Å². The summed E-state index contributed by atoms with van der Waals surface area (Å²) >= 11 is 0. The minimum atomic E-state index is -0.873. The fourth-order valence-electron chi connectivity index (χ4n) is 4.24. The number of fused-ring (bicyclic) bond motifs is 3. The first kappa shape index (κ1) is 22.3. The molecule has 3 N–H and O–H groups in total. The van der Waals surface area contributed by atoms with Gasteiger partial charge in [-0.25, -0.2) is 14.4 Å². The predicted octanol–water partition coefficient (Wildman–Crippen LogP) is 1.86. The molecule has 0 radical (unpaired) electrons. The van der Waals surface area contributed by atoms with Gasteiger partial charge in [0.15, 0.2) is 23.0 Å². The topological polar surface area (TPSA) is 129 Å². The Hall–Kier alpha value is -3.51. The summed E-state index contributed by atoms with van der Waals surface area (Å²) in [7, 11) is 1.39. The summed E-state index contributed by atoms with van der Waals surface area (Å²) in [6, 6.07) is 2.81. The third-order valence-electron chi connectivity index (χ3n) is 5.90. The molecule has 3 aromatic heterocycles. The Morgan fingerprint density at radius 2 is 2.12 bits per heavy atom. The molecule has 180 valence electrons. The SMILES string of the molecule is COc1cc2nc(N)n3nc(C4CN(c5cnn(CC(C)(C)O)c5C)CCO4)nc3c2cc1F. The van der Waals surface area contributed by atoms with Crippen LogP contribution in [0, 0.1) is 12.7 Å². The fraction of sp³-hybridized carbons (Fsp3) is 0.455. The molecule has 1 aliphatic heterocycles. The first-order valence-electron chi connectivity index (χ1n) is 11.0. The Balaban J connectivity index is 1.48. The zero-order valence-electron chi connectivity index (χ0n) is 19.5. The van der Waals surface area contributed by atoms with Gasteiger partial charge in [0.1, 0.15) is 6.10 Å². The summed E-state index contributed by atoms with van der Waals surface area (Å²) in [5.41, 5.74) is 8.02. The van der Waals surface area contributed by atoms with Gasteiger partial charge in [0, 0.05) is 18.0 Å². The number of nitrogen functional groups attached to an aromatic ring is 1. The highest BCUT2D eigenvalue weighted by molar-refractivity contribution is 5.93. The first-order valence-corrected chi connectivity index (χ1v) is 11.0. The van der Waals surface area contributed by atoms with Crippen molar-refractivity contribution in [2.45, 2.75) is 39.0 Å². The summed E-state index contributed by atoms with van der Waals surface area (Å²) in [6.45, 7) is 7.51. The van der Waals surface area contributed by atoms with Gasteiger partial charge in [-0.05, 0) is 26.8 Å². The molecule has 1 fully saturated rings. The molecule has 34 heavy (non-hydrogen) atoms. The Kier molecular flexibility index (Phi) is 5.29. The van der Waals surface area contributed by atoms with E-state index in [0.717, 1.165) is 11.4 Å². The lowest BCUT2D eigenvalue weighted by Crippen LogP contribution is -2.39. The van der Waals surface area contributed by atoms with E-state index in [1.54, 1.807) is 24.7 Å². The normalized spacial score (nSPS) is 17.1. The van der Waals surface area contributed by atoms with Crippen molar-refractivity contribution in [1.29, 1.82) is 0 Å².